The first-order valence-corrected chi connectivity index (χ1v) is 6.41. The Bertz CT molecular complexity index is 741. The molecule has 0 radical (unpaired) electrons. The molecule has 2 aromatic carbocycles. The van der Waals surface area contributed by atoms with Gasteiger partial charge in [0.2, 0.25) is 5.95 Å². The average molecular weight is 251 g/mol. The SMILES string of the molecule is Cc1cccc(Cn2c(N)nc3cc(C)ccc32)c1. The molecule has 0 aliphatic heterocycles. The lowest BCUT2D eigenvalue weighted by Gasteiger charge is -2.07. The predicted molar refractivity (Wildman–Crippen MR) is 79.2 cm³/mol. The van der Waals surface area contributed by atoms with Crippen molar-refractivity contribution in [3.63, 3.8) is 0 Å². The quantitative estimate of drug-likeness (QED) is 0.759. The van der Waals surface area contributed by atoms with Crippen molar-refractivity contribution in [2.45, 2.75) is 20.4 Å². The van der Waals surface area contributed by atoms with Gasteiger partial charge in [0.05, 0.1) is 17.6 Å². The monoisotopic (exact) mass is 251 g/mol. The number of benzene rings is 2. The summed E-state index contributed by atoms with van der Waals surface area (Å²) in [6.45, 7) is 4.92. The molecule has 96 valence electrons. The van der Waals surface area contributed by atoms with Gasteiger partial charge in [0.25, 0.3) is 0 Å². The van der Waals surface area contributed by atoms with Gasteiger partial charge in [0.1, 0.15) is 0 Å². The number of nitrogens with zero attached hydrogens (tertiary/aromatic N) is 2. The number of hydrogen-bond donors (Lipinski definition) is 1. The van der Waals surface area contributed by atoms with Gasteiger partial charge in [-0.2, -0.15) is 0 Å². The largest absolute Gasteiger partial charge is 0.369 e. The number of hydrogen-bond acceptors (Lipinski definition) is 2. The molecular weight excluding hydrogens is 234 g/mol. The third-order valence-electron chi connectivity index (χ3n) is 3.36. The van der Waals surface area contributed by atoms with Gasteiger partial charge >= 0.3 is 0 Å². The summed E-state index contributed by atoms with van der Waals surface area (Å²) in [5.74, 6) is 0.571. The summed E-state index contributed by atoms with van der Waals surface area (Å²) in [4.78, 5) is 4.43. The minimum Gasteiger partial charge on any atom is -0.369 e. The van der Waals surface area contributed by atoms with Crippen LogP contribution in [0.4, 0.5) is 5.95 Å². The molecule has 3 nitrogen and oxygen atoms in total. The van der Waals surface area contributed by atoms with Gasteiger partial charge in [-0.25, -0.2) is 4.98 Å². The zero-order valence-corrected chi connectivity index (χ0v) is 11.2. The van der Waals surface area contributed by atoms with Crippen molar-refractivity contribution in [2.75, 3.05) is 5.73 Å². The number of rotatable bonds is 2. The van der Waals surface area contributed by atoms with Crippen LogP contribution in [0.1, 0.15) is 16.7 Å². The fourth-order valence-corrected chi connectivity index (χ4v) is 2.42. The Labute approximate surface area is 112 Å². The third kappa shape index (κ3) is 2.19. The third-order valence-corrected chi connectivity index (χ3v) is 3.36. The lowest BCUT2D eigenvalue weighted by molar-refractivity contribution is 0.837. The van der Waals surface area contributed by atoms with E-state index in [2.05, 4.69) is 65.9 Å². The molecule has 0 saturated heterocycles. The maximum Gasteiger partial charge on any atom is 0.201 e. The summed E-state index contributed by atoms with van der Waals surface area (Å²) >= 11 is 0. The van der Waals surface area contributed by atoms with Gasteiger partial charge in [0.15, 0.2) is 0 Å². The lowest BCUT2D eigenvalue weighted by Crippen LogP contribution is -2.04. The van der Waals surface area contributed by atoms with E-state index in [1.54, 1.807) is 0 Å². The second-order valence-corrected chi connectivity index (χ2v) is 5.04. The summed E-state index contributed by atoms with van der Waals surface area (Å²) in [5, 5.41) is 0. The zero-order valence-electron chi connectivity index (χ0n) is 11.2. The van der Waals surface area contributed by atoms with Crippen LogP contribution in [0.25, 0.3) is 11.0 Å². The number of anilines is 1. The van der Waals surface area contributed by atoms with Crippen LogP contribution in [0.15, 0.2) is 42.5 Å². The Hall–Kier alpha value is -2.29. The van der Waals surface area contributed by atoms with E-state index in [0.29, 0.717) is 5.95 Å². The summed E-state index contributed by atoms with van der Waals surface area (Å²) in [6.07, 6.45) is 0. The lowest BCUT2D eigenvalue weighted by atomic mass is 10.1. The summed E-state index contributed by atoms with van der Waals surface area (Å²) < 4.78 is 2.06. The zero-order chi connectivity index (χ0) is 13.4. The molecule has 3 rings (SSSR count). The molecule has 0 spiro atoms. The van der Waals surface area contributed by atoms with E-state index in [-0.39, 0.29) is 0 Å². The van der Waals surface area contributed by atoms with Crippen molar-refractivity contribution >= 4 is 17.0 Å². The maximum absolute atomic E-state index is 6.04. The van der Waals surface area contributed by atoms with Crippen molar-refractivity contribution in [2.24, 2.45) is 0 Å². The molecule has 3 heteroatoms. The highest BCUT2D eigenvalue weighted by molar-refractivity contribution is 5.79. The Morgan fingerprint density at radius 2 is 1.84 bits per heavy atom. The van der Waals surface area contributed by atoms with Gasteiger partial charge in [-0.05, 0) is 37.1 Å². The Morgan fingerprint density at radius 3 is 2.63 bits per heavy atom. The molecule has 3 aromatic rings. The van der Waals surface area contributed by atoms with Crippen LogP contribution in [0.3, 0.4) is 0 Å². The standard InChI is InChI=1S/C16H17N3/c1-11-4-3-5-13(8-11)10-19-15-7-6-12(2)9-14(15)18-16(19)17/h3-9H,10H2,1-2H3,(H2,17,18). The van der Waals surface area contributed by atoms with E-state index in [1.165, 1.54) is 16.7 Å². The van der Waals surface area contributed by atoms with Crippen LogP contribution in [-0.4, -0.2) is 9.55 Å². The van der Waals surface area contributed by atoms with Gasteiger partial charge in [-0.1, -0.05) is 35.9 Å². The molecule has 0 atom stereocenters. The second kappa shape index (κ2) is 4.43. The topological polar surface area (TPSA) is 43.8 Å². The smallest absolute Gasteiger partial charge is 0.201 e. The minimum atomic E-state index is 0.571. The number of aryl methyl sites for hydroxylation is 2. The van der Waals surface area contributed by atoms with E-state index in [0.717, 1.165) is 17.6 Å². The van der Waals surface area contributed by atoms with E-state index in [9.17, 15) is 0 Å². The molecule has 19 heavy (non-hydrogen) atoms. The van der Waals surface area contributed by atoms with Gasteiger partial charge < -0.3 is 10.3 Å². The van der Waals surface area contributed by atoms with Crippen LogP contribution < -0.4 is 5.73 Å². The van der Waals surface area contributed by atoms with E-state index in [4.69, 9.17) is 5.73 Å². The summed E-state index contributed by atoms with van der Waals surface area (Å²) in [6, 6.07) is 14.7. The minimum absolute atomic E-state index is 0.571. The van der Waals surface area contributed by atoms with Crippen LogP contribution in [0, 0.1) is 13.8 Å². The van der Waals surface area contributed by atoms with Crippen LogP contribution >= 0.6 is 0 Å². The molecule has 0 amide bonds. The highest BCUT2D eigenvalue weighted by atomic mass is 15.1. The molecule has 1 aromatic heterocycles. The van der Waals surface area contributed by atoms with Crippen molar-refractivity contribution in [1.29, 1.82) is 0 Å². The van der Waals surface area contributed by atoms with Crippen LogP contribution in [0.2, 0.25) is 0 Å². The number of fused-ring (bicyclic) bond motifs is 1. The Kier molecular flexibility index (Phi) is 2.75. The predicted octanol–water partition coefficient (Wildman–Crippen LogP) is 3.28. The fourth-order valence-electron chi connectivity index (χ4n) is 2.42. The Morgan fingerprint density at radius 1 is 1.05 bits per heavy atom. The van der Waals surface area contributed by atoms with Crippen molar-refractivity contribution in [1.82, 2.24) is 9.55 Å². The first kappa shape index (κ1) is 11.8. The molecule has 2 N–H and O–H groups in total. The first-order valence-electron chi connectivity index (χ1n) is 6.41. The van der Waals surface area contributed by atoms with Crippen LogP contribution in [0.5, 0.6) is 0 Å². The van der Waals surface area contributed by atoms with E-state index in [1.807, 2.05) is 0 Å². The van der Waals surface area contributed by atoms with Gasteiger partial charge in [0, 0.05) is 0 Å². The van der Waals surface area contributed by atoms with Crippen LogP contribution in [-0.2, 0) is 6.54 Å². The molecule has 0 fully saturated rings. The normalized spacial score (nSPS) is 11.1. The fraction of sp³-hybridized carbons (Fsp3) is 0.188. The number of nitrogens with two attached hydrogens (primary N) is 1. The maximum atomic E-state index is 6.04. The number of aromatic nitrogens is 2. The number of nitrogen functional groups attached to an aromatic ring is 1. The Balaban J connectivity index is 2.07. The molecule has 1 heterocycles. The molecule has 0 bridgehead atoms. The molecule has 0 saturated carbocycles. The molecule has 0 aliphatic rings. The molecule has 0 aliphatic carbocycles. The van der Waals surface area contributed by atoms with Crippen molar-refractivity contribution in [3.8, 4) is 0 Å². The first-order chi connectivity index (χ1) is 9.13. The van der Waals surface area contributed by atoms with Crippen molar-refractivity contribution in [3.05, 3.63) is 59.2 Å². The van der Waals surface area contributed by atoms with E-state index >= 15 is 0 Å². The van der Waals surface area contributed by atoms with Gasteiger partial charge in [-0.3, -0.25) is 0 Å². The molecule has 0 unspecified atom stereocenters. The van der Waals surface area contributed by atoms with E-state index < -0.39 is 0 Å². The summed E-state index contributed by atoms with van der Waals surface area (Å²) in [5.41, 5.74) is 11.8. The van der Waals surface area contributed by atoms with Gasteiger partial charge in [-0.15, -0.1) is 0 Å². The van der Waals surface area contributed by atoms with Crippen molar-refractivity contribution < 1.29 is 0 Å². The number of imidazole rings is 1. The highest BCUT2D eigenvalue weighted by Crippen LogP contribution is 2.20. The second-order valence-electron chi connectivity index (χ2n) is 5.04. The highest BCUT2D eigenvalue weighted by Gasteiger charge is 2.08. The molecular formula is C16H17N3. The average Bonchev–Trinajstić information content (AvgIpc) is 2.65. The summed E-state index contributed by atoms with van der Waals surface area (Å²) in [7, 11) is 0.